The lowest BCUT2D eigenvalue weighted by molar-refractivity contribution is -0.384. The van der Waals surface area contributed by atoms with Crippen LogP contribution in [0.2, 0.25) is 0 Å². The Bertz CT molecular complexity index is 1900. The van der Waals surface area contributed by atoms with Gasteiger partial charge in [-0.05, 0) is 62.7 Å². The van der Waals surface area contributed by atoms with Crippen LogP contribution in [0.15, 0.2) is 80.1 Å². The number of carbonyl (C=O) groups excluding carboxylic acids is 1. The summed E-state index contributed by atoms with van der Waals surface area (Å²) >= 11 is 1.14. The van der Waals surface area contributed by atoms with E-state index in [1.807, 2.05) is 0 Å². The Balaban J connectivity index is 1.62. The number of hydrogen-bond donors (Lipinski definition) is 0. The van der Waals surface area contributed by atoms with E-state index in [1.165, 1.54) is 17.7 Å². The summed E-state index contributed by atoms with van der Waals surface area (Å²) in [5.74, 6) is 0.990. The number of aromatic nitrogens is 1. The Hall–Kier alpha value is -4.97. The number of benzene rings is 2. The maximum atomic E-state index is 13.9. The maximum Gasteiger partial charge on any atom is 0.338 e. The Morgan fingerprint density at radius 1 is 1.10 bits per heavy atom. The van der Waals surface area contributed by atoms with E-state index in [1.54, 1.807) is 82.5 Å². The van der Waals surface area contributed by atoms with Gasteiger partial charge in [0.05, 0.1) is 58.7 Å². The highest BCUT2D eigenvalue weighted by Gasteiger charge is 2.34. The van der Waals surface area contributed by atoms with Gasteiger partial charge in [0, 0.05) is 6.08 Å². The number of nitro groups is 1. The molecule has 1 aliphatic rings. The van der Waals surface area contributed by atoms with Crippen LogP contribution in [-0.4, -0.2) is 35.8 Å². The summed E-state index contributed by atoms with van der Waals surface area (Å²) in [7, 11) is 2.98. The average Bonchev–Trinajstić information content (AvgIpc) is 3.55. The second-order valence-corrected chi connectivity index (χ2v) is 10.7. The molecular formula is C30H27N3O8S. The van der Waals surface area contributed by atoms with Crippen LogP contribution >= 0.6 is 11.3 Å². The number of carbonyl (C=O) groups is 1. The number of nitro benzene ring substituents is 1. The van der Waals surface area contributed by atoms with Crippen molar-refractivity contribution in [2.24, 2.45) is 4.99 Å². The van der Waals surface area contributed by atoms with Gasteiger partial charge in [-0.25, -0.2) is 9.79 Å². The van der Waals surface area contributed by atoms with Gasteiger partial charge in [0.1, 0.15) is 23.0 Å². The lowest BCUT2D eigenvalue weighted by Gasteiger charge is -2.25. The van der Waals surface area contributed by atoms with E-state index < -0.39 is 16.9 Å². The zero-order valence-electron chi connectivity index (χ0n) is 23.4. The smallest absolute Gasteiger partial charge is 0.338 e. The molecule has 0 radical (unpaired) electrons. The summed E-state index contributed by atoms with van der Waals surface area (Å²) in [5, 5.41) is 11.7. The minimum Gasteiger partial charge on any atom is -0.497 e. The predicted octanol–water partition coefficient (Wildman–Crippen LogP) is 4.37. The number of fused-ring (bicyclic) bond motifs is 1. The maximum absolute atomic E-state index is 13.9. The zero-order chi connectivity index (χ0) is 30.1. The first-order valence-corrected chi connectivity index (χ1v) is 13.7. The van der Waals surface area contributed by atoms with Crippen LogP contribution in [0.3, 0.4) is 0 Å². The Kier molecular flexibility index (Phi) is 7.81. The molecule has 2 aromatic carbocycles. The third-order valence-corrected chi connectivity index (χ3v) is 7.57. The normalized spacial score (nSPS) is 14.9. The van der Waals surface area contributed by atoms with E-state index >= 15 is 0 Å². The van der Waals surface area contributed by atoms with Crippen molar-refractivity contribution in [1.29, 1.82) is 0 Å². The molecule has 4 aromatic rings. The van der Waals surface area contributed by atoms with Crippen LogP contribution in [0, 0.1) is 10.1 Å². The molecule has 3 heterocycles. The molecule has 0 bridgehead atoms. The molecule has 0 N–H and O–H groups in total. The molecule has 0 fully saturated rings. The fourth-order valence-electron chi connectivity index (χ4n) is 4.66. The predicted molar refractivity (Wildman–Crippen MR) is 155 cm³/mol. The standard InChI is InChI=1S/C30H27N3O8S/c1-16(2)40-29(35)26-17(3)31-30-32(27(26)18-6-8-19(38-4)9-7-18)28(34)25(42-30)15-21-11-13-24(41-21)22-12-10-20(39-5)14-23(22)33(36)37/h6-16,27H,1-5H3/b25-15-. The molecule has 0 aliphatic carbocycles. The summed E-state index contributed by atoms with van der Waals surface area (Å²) < 4.78 is 23.6. The van der Waals surface area contributed by atoms with Gasteiger partial charge in [0.2, 0.25) is 0 Å². The van der Waals surface area contributed by atoms with Gasteiger partial charge in [-0.1, -0.05) is 23.5 Å². The topological polar surface area (TPSA) is 135 Å². The van der Waals surface area contributed by atoms with E-state index in [0.717, 1.165) is 11.3 Å². The highest BCUT2D eigenvalue weighted by atomic mass is 32.1. The molecule has 1 atom stereocenters. The van der Waals surface area contributed by atoms with Crippen molar-refractivity contribution in [3.63, 3.8) is 0 Å². The van der Waals surface area contributed by atoms with E-state index in [0.29, 0.717) is 37.9 Å². The molecule has 1 aliphatic heterocycles. The molecule has 2 aromatic heterocycles. The lowest BCUT2D eigenvalue weighted by atomic mass is 9.96. The van der Waals surface area contributed by atoms with Crippen LogP contribution in [0.5, 0.6) is 11.5 Å². The molecular weight excluding hydrogens is 562 g/mol. The number of ether oxygens (including phenoxy) is 3. The second-order valence-electron chi connectivity index (χ2n) is 9.65. The highest BCUT2D eigenvalue weighted by molar-refractivity contribution is 7.07. The van der Waals surface area contributed by atoms with E-state index in [2.05, 4.69) is 4.99 Å². The number of thiazole rings is 1. The van der Waals surface area contributed by atoms with Gasteiger partial charge in [0.15, 0.2) is 4.80 Å². The van der Waals surface area contributed by atoms with Crippen LogP contribution in [-0.2, 0) is 9.53 Å². The highest BCUT2D eigenvalue weighted by Crippen LogP contribution is 2.35. The van der Waals surface area contributed by atoms with Crippen molar-refractivity contribution >= 4 is 29.1 Å². The van der Waals surface area contributed by atoms with Crippen molar-refractivity contribution in [1.82, 2.24) is 4.57 Å². The fraction of sp³-hybridized carbons (Fsp3) is 0.233. The number of hydrogen-bond acceptors (Lipinski definition) is 10. The molecule has 0 saturated heterocycles. The number of furan rings is 1. The minimum absolute atomic E-state index is 0.176. The summed E-state index contributed by atoms with van der Waals surface area (Å²) in [6.45, 7) is 5.22. The molecule has 5 rings (SSSR count). The average molecular weight is 590 g/mol. The fourth-order valence-corrected chi connectivity index (χ4v) is 5.69. The molecule has 0 spiro atoms. The van der Waals surface area contributed by atoms with Gasteiger partial charge in [-0.3, -0.25) is 19.5 Å². The van der Waals surface area contributed by atoms with Crippen molar-refractivity contribution in [3.8, 4) is 22.8 Å². The van der Waals surface area contributed by atoms with Crippen LogP contribution in [0.4, 0.5) is 5.69 Å². The number of methoxy groups -OCH3 is 2. The Labute approximate surface area is 243 Å². The largest absolute Gasteiger partial charge is 0.497 e. The number of nitrogens with zero attached hydrogens (tertiary/aromatic N) is 3. The summed E-state index contributed by atoms with van der Waals surface area (Å²) in [6, 6.07) is 14.0. The molecule has 12 heteroatoms. The molecule has 216 valence electrons. The van der Waals surface area contributed by atoms with E-state index in [9.17, 15) is 19.7 Å². The summed E-state index contributed by atoms with van der Waals surface area (Å²) in [6.07, 6.45) is 1.19. The monoisotopic (exact) mass is 589 g/mol. The third kappa shape index (κ3) is 5.36. The molecule has 1 unspecified atom stereocenters. The number of rotatable bonds is 8. The zero-order valence-corrected chi connectivity index (χ0v) is 24.3. The van der Waals surface area contributed by atoms with Gasteiger partial charge >= 0.3 is 5.97 Å². The quantitative estimate of drug-likeness (QED) is 0.168. The Morgan fingerprint density at radius 2 is 1.79 bits per heavy atom. The third-order valence-electron chi connectivity index (χ3n) is 6.58. The van der Waals surface area contributed by atoms with Gasteiger partial charge in [-0.2, -0.15) is 0 Å². The number of allylic oxidation sites excluding steroid dienone is 1. The van der Waals surface area contributed by atoms with Crippen LogP contribution < -0.4 is 24.4 Å². The molecule has 42 heavy (non-hydrogen) atoms. The van der Waals surface area contributed by atoms with Crippen molar-refractivity contribution in [2.75, 3.05) is 14.2 Å². The van der Waals surface area contributed by atoms with Gasteiger partial charge in [0.25, 0.3) is 11.2 Å². The minimum atomic E-state index is -0.783. The van der Waals surface area contributed by atoms with Crippen molar-refractivity contribution in [3.05, 3.63) is 107 Å². The summed E-state index contributed by atoms with van der Waals surface area (Å²) in [4.78, 5) is 43.2. The molecule has 0 saturated carbocycles. The molecule has 11 nitrogen and oxygen atoms in total. The van der Waals surface area contributed by atoms with Crippen LogP contribution in [0.1, 0.15) is 38.1 Å². The molecule has 0 amide bonds. The number of esters is 1. The van der Waals surface area contributed by atoms with Crippen LogP contribution in [0.25, 0.3) is 17.4 Å². The first kappa shape index (κ1) is 28.6. The first-order valence-electron chi connectivity index (χ1n) is 12.9. The van der Waals surface area contributed by atoms with E-state index in [4.69, 9.17) is 18.6 Å². The lowest BCUT2D eigenvalue weighted by Crippen LogP contribution is -2.40. The first-order chi connectivity index (χ1) is 20.1. The van der Waals surface area contributed by atoms with Gasteiger partial charge in [-0.15, -0.1) is 0 Å². The Morgan fingerprint density at radius 3 is 2.43 bits per heavy atom. The summed E-state index contributed by atoms with van der Waals surface area (Å²) in [5.41, 5.74) is 1.10. The SMILES string of the molecule is COc1ccc(C2C(C(=O)OC(C)C)=C(C)N=c3s/c(=C\c4ccc(-c5ccc(OC)cc5[N+](=O)[O-])o4)c(=O)n32)cc1. The van der Waals surface area contributed by atoms with E-state index in [-0.39, 0.29) is 34.2 Å². The van der Waals surface area contributed by atoms with Crippen molar-refractivity contribution in [2.45, 2.75) is 32.9 Å². The second kappa shape index (κ2) is 11.5. The van der Waals surface area contributed by atoms with Crippen molar-refractivity contribution < 1.29 is 28.3 Å². The van der Waals surface area contributed by atoms with Gasteiger partial charge < -0.3 is 18.6 Å².